The molecule has 0 spiro atoms. The molecule has 0 aromatic carbocycles. The first-order valence-electron chi connectivity index (χ1n) is 1.48. The van der Waals surface area contributed by atoms with E-state index >= 15 is 0 Å². The molecule has 0 aliphatic carbocycles. The topological polar surface area (TPSA) is 152 Å². The SMILES string of the molecule is O=[As](O)(O)O.[O]=[W](=[O])([OH])[OH]. The summed E-state index contributed by atoms with van der Waals surface area (Å²) in [5.74, 6) is 0. The molecule has 0 fully saturated rings. The van der Waals surface area contributed by atoms with E-state index in [-0.39, 0.29) is 0 Å². The number of rotatable bonds is 0. The third-order valence-corrected chi connectivity index (χ3v) is 0. The quantitative estimate of drug-likeness (QED) is 0.266. The van der Waals surface area contributed by atoms with Gasteiger partial charge in [0.1, 0.15) is 0 Å². The van der Waals surface area contributed by atoms with Crippen molar-refractivity contribution in [3.05, 3.63) is 0 Å². The molecule has 64 valence electrons. The maximum absolute atomic E-state index is 8.94. The molecule has 0 aromatic rings. The Morgan fingerprint density at radius 1 is 1.00 bits per heavy atom. The van der Waals surface area contributed by atoms with Gasteiger partial charge in [0.15, 0.2) is 0 Å². The summed E-state index contributed by atoms with van der Waals surface area (Å²) in [6.45, 7) is 0. The van der Waals surface area contributed by atoms with Crippen LogP contribution in [0.15, 0.2) is 0 Å². The molecule has 0 heterocycles. The fourth-order valence-corrected chi connectivity index (χ4v) is 0. The van der Waals surface area contributed by atoms with Crippen LogP contribution < -0.4 is 0 Å². The normalized spacial score (nSPS) is 11.7. The van der Waals surface area contributed by atoms with Crippen LogP contribution >= 0.6 is 0 Å². The molecular weight excluding hydrogens is 387 g/mol. The van der Waals surface area contributed by atoms with Crippen molar-refractivity contribution >= 4 is 14.5 Å². The summed E-state index contributed by atoms with van der Waals surface area (Å²) in [6.07, 6.45) is 0. The molecule has 5 N–H and O–H groups in total. The Morgan fingerprint density at radius 2 is 1.00 bits per heavy atom. The van der Waals surface area contributed by atoms with Crippen molar-refractivity contribution in [2.75, 3.05) is 0 Å². The van der Waals surface area contributed by atoms with E-state index in [1.54, 1.807) is 0 Å². The van der Waals surface area contributed by atoms with Crippen LogP contribution in [-0.2, 0) is 27.3 Å². The minimum absolute atomic E-state index is 5.12. The van der Waals surface area contributed by atoms with Crippen molar-refractivity contribution < 1.29 is 47.1 Å². The molecule has 0 aliphatic heterocycles. The molecule has 10 heavy (non-hydrogen) atoms. The van der Waals surface area contributed by atoms with E-state index in [9.17, 15) is 0 Å². The molecule has 0 saturated carbocycles. The fraction of sp³-hybridized carbons (Fsp3) is 0. The maximum atomic E-state index is 8.94. The zero-order valence-corrected chi connectivity index (χ0v) is 9.13. The van der Waals surface area contributed by atoms with Gasteiger partial charge in [-0.3, -0.25) is 0 Å². The van der Waals surface area contributed by atoms with E-state index in [0.29, 0.717) is 0 Å². The molecule has 0 bridgehead atoms. The van der Waals surface area contributed by atoms with Crippen molar-refractivity contribution in [2.24, 2.45) is 0 Å². The van der Waals surface area contributed by atoms with Crippen LogP contribution in [0.4, 0.5) is 0 Å². The van der Waals surface area contributed by atoms with Gasteiger partial charge in [-0.25, -0.2) is 0 Å². The van der Waals surface area contributed by atoms with E-state index < -0.39 is 31.3 Å². The molecule has 0 saturated heterocycles. The Kier molecular flexibility index (Phi) is 5.68. The van der Waals surface area contributed by atoms with Crippen molar-refractivity contribution in [1.82, 2.24) is 0 Å². The van der Waals surface area contributed by atoms with Gasteiger partial charge in [-0.1, -0.05) is 0 Å². The van der Waals surface area contributed by atoms with Gasteiger partial charge >= 0.3 is 61.6 Å². The molecule has 0 radical (unpaired) electrons. The van der Waals surface area contributed by atoms with Gasteiger partial charge in [0, 0.05) is 0 Å². The second kappa shape index (κ2) is 4.35. The average molecular weight is 392 g/mol. The van der Waals surface area contributed by atoms with Crippen LogP contribution in [0, 0.1) is 0 Å². The summed E-state index contributed by atoms with van der Waals surface area (Å²) in [7, 11) is 0. The van der Waals surface area contributed by atoms with Crippen molar-refractivity contribution in [2.45, 2.75) is 0 Å². The van der Waals surface area contributed by atoms with E-state index in [2.05, 4.69) is 0 Å². The third-order valence-electron chi connectivity index (χ3n) is 0. The minimum atomic E-state index is -5.67. The van der Waals surface area contributed by atoms with Gasteiger partial charge in [0.05, 0.1) is 0 Å². The molecule has 0 atom stereocenters. The summed E-state index contributed by atoms with van der Waals surface area (Å²) in [5.41, 5.74) is 0. The van der Waals surface area contributed by atoms with E-state index in [1.807, 2.05) is 0 Å². The van der Waals surface area contributed by atoms with E-state index in [0.717, 1.165) is 0 Å². The standard InChI is InChI=1S/AsH3O4.2H2O.2O.W/c2-1(3,4)5;;;;;/h(H3,2,3,4,5);2*1H2;;;/q;;;;;+2/p-2. The summed E-state index contributed by atoms with van der Waals surface area (Å²) < 4.78 is 62.8. The van der Waals surface area contributed by atoms with Gasteiger partial charge in [0.25, 0.3) is 0 Å². The summed E-state index contributed by atoms with van der Waals surface area (Å²) in [4.78, 5) is 0. The predicted molar refractivity (Wildman–Crippen MR) is 18.9 cm³/mol. The molecule has 10 heteroatoms. The van der Waals surface area contributed by atoms with Gasteiger partial charge in [-0.2, -0.15) is 0 Å². The monoisotopic (exact) mass is 392 g/mol. The van der Waals surface area contributed by atoms with Gasteiger partial charge in [-0.05, 0) is 0 Å². The summed E-state index contributed by atoms with van der Waals surface area (Å²) in [6, 6.07) is 0. The van der Waals surface area contributed by atoms with Gasteiger partial charge < -0.3 is 0 Å². The third kappa shape index (κ3) is 2350. The molecule has 0 amide bonds. The zero-order chi connectivity index (χ0) is 9.00. The Bertz CT molecular complexity index is 187. The second-order valence-electron chi connectivity index (χ2n) is 0.961. The first kappa shape index (κ1) is 13.1. The van der Waals surface area contributed by atoms with Crippen LogP contribution in [0.1, 0.15) is 0 Å². The van der Waals surface area contributed by atoms with Crippen LogP contribution in [0.5, 0.6) is 0 Å². The van der Waals surface area contributed by atoms with Crippen molar-refractivity contribution in [3.63, 3.8) is 0 Å². The van der Waals surface area contributed by atoms with E-state index in [1.165, 1.54) is 0 Å². The Labute approximate surface area is 61.8 Å². The average Bonchev–Trinajstić information content (AvgIpc) is 1.12. The first-order chi connectivity index (χ1) is 4.00. The summed E-state index contributed by atoms with van der Waals surface area (Å²) >= 11 is -10.8. The molecule has 0 aromatic heterocycles. The molecule has 8 nitrogen and oxygen atoms in total. The fourth-order valence-electron chi connectivity index (χ4n) is 0. The van der Waals surface area contributed by atoms with Gasteiger partial charge in [-0.15, -0.1) is 0 Å². The van der Waals surface area contributed by atoms with Crippen LogP contribution in [0.3, 0.4) is 0 Å². The van der Waals surface area contributed by atoms with Crippen LogP contribution in [0.25, 0.3) is 0 Å². The second-order valence-corrected chi connectivity index (χ2v) is 6.33. The predicted octanol–water partition coefficient (Wildman–Crippen LogP) is -3.52. The zero-order valence-electron chi connectivity index (χ0n) is 4.32. The molecular formula is H5AsO8W. The Balaban J connectivity index is 0. The Hall–Kier alpha value is 0.447. The number of hydrogen-bond donors (Lipinski definition) is 5. The summed E-state index contributed by atoms with van der Waals surface area (Å²) in [5, 5.41) is 0. The Morgan fingerprint density at radius 3 is 1.00 bits per heavy atom. The first-order valence-corrected chi connectivity index (χ1v) is 9.78. The van der Waals surface area contributed by atoms with Crippen molar-refractivity contribution in [3.8, 4) is 0 Å². The van der Waals surface area contributed by atoms with Crippen LogP contribution in [0.2, 0.25) is 0 Å². The number of hydrogen-bond acceptors (Lipinski definition) is 3. The molecule has 0 unspecified atom stereocenters. The molecule has 0 aliphatic rings. The molecule has 0 rings (SSSR count). The van der Waals surface area contributed by atoms with Gasteiger partial charge in [0.2, 0.25) is 0 Å². The van der Waals surface area contributed by atoms with E-state index in [4.69, 9.17) is 30.3 Å². The van der Waals surface area contributed by atoms with Crippen molar-refractivity contribution in [1.29, 1.82) is 0 Å². The van der Waals surface area contributed by atoms with Crippen LogP contribution in [-0.4, -0.2) is 34.3 Å².